The fraction of sp³-hybridized carbons (Fsp3) is 0.500. The second-order valence-electron chi connectivity index (χ2n) is 4.52. The molecule has 1 unspecified atom stereocenters. The molecule has 0 aliphatic heterocycles. The van der Waals surface area contributed by atoms with Crippen molar-refractivity contribution in [2.75, 3.05) is 0 Å². The van der Waals surface area contributed by atoms with Gasteiger partial charge >= 0.3 is 0 Å². The molecule has 1 rings (SSSR count). The third-order valence-corrected chi connectivity index (χ3v) is 2.87. The lowest BCUT2D eigenvalue weighted by molar-refractivity contribution is -0.384. The molecule has 0 saturated heterocycles. The van der Waals surface area contributed by atoms with Crippen LogP contribution < -0.4 is 5.32 Å². The molecule has 6 heteroatoms. The minimum atomic E-state index is -0.506. The van der Waals surface area contributed by atoms with Gasteiger partial charge in [-0.25, -0.2) is 0 Å². The van der Waals surface area contributed by atoms with Crippen molar-refractivity contribution in [2.24, 2.45) is 0 Å². The first-order valence-corrected chi connectivity index (χ1v) is 6.65. The summed E-state index contributed by atoms with van der Waals surface area (Å²) in [4.78, 5) is 22.5. The van der Waals surface area contributed by atoms with Gasteiger partial charge in [0.2, 0.25) is 0 Å². The lowest BCUT2D eigenvalue weighted by atomic mass is 10.2. The number of aryl methyl sites for hydroxylation is 1. The van der Waals surface area contributed by atoms with Crippen molar-refractivity contribution >= 4 is 11.6 Å². The zero-order valence-electron chi connectivity index (χ0n) is 11.8. The largest absolute Gasteiger partial charge is 0.337 e. The maximum atomic E-state index is 12.2. The molecule has 0 saturated carbocycles. The lowest BCUT2D eigenvalue weighted by Gasteiger charge is -2.13. The number of aromatic nitrogens is 1. The summed E-state index contributed by atoms with van der Waals surface area (Å²) in [6, 6.07) is 0.932. The van der Waals surface area contributed by atoms with Crippen molar-refractivity contribution in [2.45, 2.75) is 45.7 Å². The summed E-state index contributed by atoms with van der Waals surface area (Å²) in [6.07, 6.45) is 9.04. The lowest BCUT2D eigenvalue weighted by Crippen LogP contribution is -2.34. The average molecular weight is 277 g/mol. The van der Waals surface area contributed by atoms with Crippen molar-refractivity contribution in [1.29, 1.82) is 0 Å². The quantitative estimate of drug-likeness (QED) is 0.472. The van der Waals surface area contributed by atoms with Crippen LogP contribution in [0.3, 0.4) is 0 Å². The van der Waals surface area contributed by atoms with Gasteiger partial charge in [-0.15, -0.1) is 6.42 Å². The molecule has 0 fully saturated rings. The monoisotopic (exact) mass is 277 g/mol. The summed E-state index contributed by atoms with van der Waals surface area (Å²) in [7, 11) is 0. The van der Waals surface area contributed by atoms with E-state index in [-0.39, 0.29) is 23.3 Å². The van der Waals surface area contributed by atoms with E-state index < -0.39 is 4.92 Å². The number of carbonyl (C=O) groups excluding carboxylic acids is 1. The molecule has 1 amide bonds. The molecule has 108 valence electrons. The van der Waals surface area contributed by atoms with Crippen molar-refractivity contribution < 1.29 is 9.72 Å². The van der Waals surface area contributed by atoms with Crippen LogP contribution in [0.25, 0.3) is 0 Å². The van der Waals surface area contributed by atoms with E-state index in [2.05, 4.69) is 11.2 Å². The molecule has 1 atom stereocenters. The molecular formula is C14H19N3O3. The van der Waals surface area contributed by atoms with Crippen molar-refractivity contribution in [3.63, 3.8) is 0 Å². The number of nitro groups is 1. The van der Waals surface area contributed by atoms with Crippen LogP contribution in [0.15, 0.2) is 12.3 Å². The van der Waals surface area contributed by atoms with Crippen LogP contribution >= 0.6 is 0 Å². The van der Waals surface area contributed by atoms with Gasteiger partial charge in [0.1, 0.15) is 5.69 Å². The van der Waals surface area contributed by atoms with Crippen LogP contribution in [-0.2, 0) is 6.54 Å². The normalized spacial score (nSPS) is 11.7. The molecule has 0 spiro atoms. The number of hydrogen-bond acceptors (Lipinski definition) is 3. The van der Waals surface area contributed by atoms with Gasteiger partial charge in [0.25, 0.3) is 11.6 Å². The molecule has 0 aromatic carbocycles. The zero-order valence-corrected chi connectivity index (χ0v) is 11.8. The van der Waals surface area contributed by atoms with Crippen LogP contribution in [0.2, 0.25) is 0 Å². The second-order valence-corrected chi connectivity index (χ2v) is 4.52. The number of terminal acetylenes is 1. The van der Waals surface area contributed by atoms with E-state index in [1.807, 2.05) is 13.8 Å². The SMILES string of the molecule is C#CC(CCC)NC(=O)c1cc([N+](=O)[O-])cn1CCC. The summed E-state index contributed by atoms with van der Waals surface area (Å²) in [5, 5.41) is 13.5. The summed E-state index contributed by atoms with van der Waals surface area (Å²) in [5.74, 6) is 2.14. The highest BCUT2D eigenvalue weighted by Gasteiger charge is 2.20. The zero-order chi connectivity index (χ0) is 15.1. The number of carbonyl (C=O) groups is 1. The van der Waals surface area contributed by atoms with Gasteiger partial charge in [-0.2, -0.15) is 0 Å². The average Bonchev–Trinajstić information content (AvgIpc) is 2.83. The minimum absolute atomic E-state index is 0.0867. The van der Waals surface area contributed by atoms with Crippen LogP contribution in [-0.4, -0.2) is 21.4 Å². The predicted octanol–water partition coefficient (Wildman–Crippen LogP) is 2.34. The third kappa shape index (κ3) is 3.85. The van der Waals surface area contributed by atoms with E-state index in [9.17, 15) is 14.9 Å². The van der Waals surface area contributed by atoms with Gasteiger partial charge in [0.05, 0.1) is 17.2 Å². The third-order valence-electron chi connectivity index (χ3n) is 2.87. The topological polar surface area (TPSA) is 77.2 Å². The van der Waals surface area contributed by atoms with E-state index in [1.165, 1.54) is 12.3 Å². The summed E-state index contributed by atoms with van der Waals surface area (Å²) in [5.41, 5.74) is 0.186. The molecule has 6 nitrogen and oxygen atoms in total. The summed E-state index contributed by atoms with van der Waals surface area (Å²) >= 11 is 0. The predicted molar refractivity (Wildman–Crippen MR) is 76.4 cm³/mol. The standard InChI is InChI=1S/C14H19N3O3/c1-4-7-11(6-3)15-14(18)13-9-12(17(19)20)10-16(13)8-5-2/h3,9-11H,4-5,7-8H2,1-2H3,(H,15,18). The Labute approximate surface area is 118 Å². The van der Waals surface area contributed by atoms with Crippen molar-refractivity contribution in [1.82, 2.24) is 9.88 Å². The molecule has 0 aliphatic rings. The molecule has 1 N–H and O–H groups in total. The fourth-order valence-electron chi connectivity index (χ4n) is 1.93. The first-order chi connectivity index (χ1) is 9.53. The fourth-order valence-corrected chi connectivity index (χ4v) is 1.93. The van der Waals surface area contributed by atoms with Gasteiger partial charge in [0, 0.05) is 12.6 Å². The van der Waals surface area contributed by atoms with Gasteiger partial charge in [-0.05, 0) is 12.8 Å². The number of nitrogens with one attached hydrogen (secondary N) is 1. The molecule has 1 heterocycles. The Morgan fingerprint density at radius 2 is 2.25 bits per heavy atom. The maximum absolute atomic E-state index is 12.2. The number of amides is 1. The maximum Gasteiger partial charge on any atom is 0.287 e. The summed E-state index contributed by atoms with van der Waals surface area (Å²) < 4.78 is 1.59. The Kier molecular flexibility index (Phi) is 5.78. The van der Waals surface area contributed by atoms with Crippen LogP contribution in [0.1, 0.15) is 43.6 Å². The molecule has 1 aromatic rings. The Bertz CT molecular complexity index is 528. The number of hydrogen-bond donors (Lipinski definition) is 1. The highest BCUT2D eigenvalue weighted by molar-refractivity contribution is 5.94. The Balaban J connectivity index is 2.96. The minimum Gasteiger partial charge on any atom is -0.337 e. The highest BCUT2D eigenvalue weighted by Crippen LogP contribution is 2.17. The van der Waals surface area contributed by atoms with Crippen molar-refractivity contribution in [3.05, 3.63) is 28.1 Å². The summed E-state index contributed by atoms with van der Waals surface area (Å²) in [6.45, 7) is 4.46. The molecule has 0 aliphatic carbocycles. The molecule has 1 aromatic heterocycles. The second kappa shape index (κ2) is 7.34. The molecule has 0 radical (unpaired) electrons. The van der Waals surface area contributed by atoms with Crippen molar-refractivity contribution in [3.8, 4) is 12.3 Å². The Hall–Kier alpha value is -2.29. The number of rotatable bonds is 7. The van der Waals surface area contributed by atoms with E-state index in [4.69, 9.17) is 6.42 Å². The van der Waals surface area contributed by atoms with E-state index in [0.29, 0.717) is 13.0 Å². The first kappa shape index (κ1) is 15.8. The van der Waals surface area contributed by atoms with E-state index >= 15 is 0 Å². The number of nitrogens with zero attached hydrogens (tertiary/aromatic N) is 2. The molecule has 0 bridgehead atoms. The molecule has 20 heavy (non-hydrogen) atoms. The van der Waals surface area contributed by atoms with Crippen LogP contribution in [0.5, 0.6) is 0 Å². The van der Waals surface area contributed by atoms with E-state index in [0.717, 1.165) is 12.8 Å². The molecular weight excluding hydrogens is 258 g/mol. The van der Waals surface area contributed by atoms with E-state index in [1.54, 1.807) is 4.57 Å². The van der Waals surface area contributed by atoms with Crippen LogP contribution in [0, 0.1) is 22.5 Å². The van der Waals surface area contributed by atoms with Gasteiger partial charge in [-0.3, -0.25) is 14.9 Å². The van der Waals surface area contributed by atoms with Gasteiger partial charge in [-0.1, -0.05) is 26.2 Å². The van der Waals surface area contributed by atoms with Gasteiger partial charge < -0.3 is 9.88 Å². The highest BCUT2D eigenvalue weighted by atomic mass is 16.6. The first-order valence-electron chi connectivity index (χ1n) is 6.65. The Morgan fingerprint density at radius 3 is 2.75 bits per heavy atom. The van der Waals surface area contributed by atoms with Gasteiger partial charge in [0.15, 0.2) is 0 Å². The van der Waals surface area contributed by atoms with Crippen LogP contribution in [0.4, 0.5) is 5.69 Å². The Morgan fingerprint density at radius 1 is 1.55 bits per heavy atom. The smallest absolute Gasteiger partial charge is 0.287 e.